The van der Waals surface area contributed by atoms with Crippen molar-refractivity contribution in [2.75, 3.05) is 5.32 Å². The van der Waals surface area contributed by atoms with Gasteiger partial charge in [-0.1, -0.05) is 18.2 Å². The molecule has 0 bridgehead atoms. The van der Waals surface area contributed by atoms with Gasteiger partial charge in [0.05, 0.1) is 12.1 Å². The monoisotopic (exact) mass is 333 g/mol. The Labute approximate surface area is 136 Å². The van der Waals surface area contributed by atoms with E-state index in [-0.39, 0.29) is 12.3 Å². The molecule has 1 atom stereocenters. The summed E-state index contributed by atoms with van der Waals surface area (Å²) in [5.41, 5.74) is 0.978. The Balaban J connectivity index is 1.92. The topological polar surface area (TPSA) is 108 Å². The Morgan fingerprint density at radius 3 is 2.61 bits per heavy atom. The molecule has 0 fully saturated rings. The fourth-order valence-corrected chi connectivity index (χ4v) is 2.43. The van der Waals surface area contributed by atoms with Gasteiger partial charge in [-0.25, -0.2) is 4.98 Å². The highest BCUT2D eigenvalue weighted by Gasteiger charge is 2.15. The SMILES string of the molecule is CC(NC(=O)Cc1csc(NC(=O)c2ccccc2)n1)C(=O)O. The van der Waals surface area contributed by atoms with Crippen molar-refractivity contribution < 1.29 is 19.5 Å². The van der Waals surface area contributed by atoms with Gasteiger partial charge in [-0.2, -0.15) is 0 Å². The molecule has 0 radical (unpaired) electrons. The van der Waals surface area contributed by atoms with Crippen LogP contribution in [0.1, 0.15) is 23.0 Å². The minimum atomic E-state index is -1.10. The Hall–Kier alpha value is -2.74. The van der Waals surface area contributed by atoms with Crippen LogP contribution in [0.15, 0.2) is 35.7 Å². The third-order valence-electron chi connectivity index (χ3n) is 2.90. The van der Waals surface area contributed by atoms with E-state index >= 15 is 0 Å². The maximum atomic E-state index is 12.0. The first-order valence-corrected chi connectivity index (χ1v) is 7.66. The number of thiazole rings is 1. The number of hydrogen-bond donors (Lipinski definition) is 3. The van der Waals surface area contributed by atoms with Gasteiger partial charge in [0.25, 0.3) is 5.91 Å². The standard InChI is InChI=1S/C15H15N3O4S/c1-9(14(21)22)16-12(19)7-11-8-23-15(17-11)18-13(20)10-5-3-2-4-6-10/h2-6,8-9H,7H2,1H3,(H,16,19)(H,21,22)(H,17,18,20). The van der Waals surface area contributed by atoms with Gasteiger partial charge in [0.15, 0.2) is 5.13 Å². The maximum Gasteiger partial charge on any atom is 0.325 e. The number of carboxylic acid groups (broad SMARTS) is 1. The summed E-state index contributed by atoms with van der Waals surface area (Å²) in [7, 11) is 0. The van der Waals surface area contributed by atoms with E-state index in [1.165, 1.54) is 18.3 Å². The first kappa shape index (κ1) is 16.6. The lowest BCUT2D eigenvalue weighted by molar-refractivity contribution is -0.141. The molecule has 2 amide bonds. The van der Waals surface area contributed by atoms with Crippen LogP contribution >= 0.6 is 11.3 Å². The van der Waals surface area contributed by atoms with Crippen molar-refractivity contribution in [1.29, 1.82) is 0 Å². The van der Waals surface area contributed by atoms with Crippen molar-refractivity contribution in [1.82, 2.24) is 10.3 Å². The quantitative estimate of drug-likeness (QED) is 0.743. The zero-order valence-corrected chi connectivity index (χ0v) is 13.1. The molecule has 2 aromatic rings. The van der Waals surface area contributed by atoms with E-state index in [4.69, 9.17) is 5.11 Å². The van der Waals surface area contributed by atoms with Gasteiger partial charge >= 0.3 is 5.97 Å². The van der Waals surface area contributed by atoms with Crippen molar-refractivity contribution >= 4 is 34.3 Å². The zero-order chi connectivity index (χ0) is 16.8. The smallest absolute Gasteiger partial charge is 0.325 e. The molecule has 0 saturated heterocycles. The minimum Gasteiger partial charge on any atom is -0.480 e. The van der Waals surface area contributed by atoms with Crippen molar-refractivity contribution in [3.05, 3.63) is 47.0 Å². The summed E-state index contributed by atoms with van der Waals surface area (Å²) in [5.74, 6) is -1.82. The number of nitrogens with one attached hydrogen (secondary N) is 2. The van der Waals surface area contributed by atoms with Gasteiger partial charge in [0.2, 0.25) is 5.91 Å². The lowest BCUT2D eigenvalue weighted by atomic mass is 10.2. The minimum absolute atomic E-state index is 0.0463. The molecule has 7 nitrogen and oxygen atoms in total. The number of hydrogen-bond acceptors (Lipinski definition) is 5. The molecule has 1 aromatic carbocycles. The molecule has 0 spiro atoms. The van der Waals surface area contributed by atoms with Crippen LogP contribution in [0.25, 0.3) is 0 Å². The molecule has 0 aliphatic carbocycles. The molecule has 8 heteroatoms. The van der Waals surface area contributed by atoms with Crippen LogP contribution in [0.4, 0.5) is 5.13 Å². The van der Waals surface area contributed by atoms with Crippen LogP contribution in [0.2, 0.25) is 0 Å². The second-order valence-electron chi connectivity index (χ2n) is 4.77. The Kier molecular flexibility index (Phi) is 5.42. The average Bonchev–Trinajstić information content (AvgIpc) is 2.94. The molecule has 1 unspecified atom stereocenters. The predicted molar refractivity (Wildman–Crippen MR) is 85.5 cm³/mol. The van der Waals surface area contributed by atoms with Crippen molar-refractivity contribution in [3.63, 3.8) is 0 Å². The van der Waals surface area contributed by atoms with Crippen LogP contribution < -0.4 is 10.6 Å². The molecule has 0 aliphatic heterocycles. The molecular formula is C15H15N3O4S. The van der Waals surface area contributed by atoms with Gasteiger partial charge < -0.3 is 10.4 Å². The summed E-state index contributed by atoms with van der Waals surface area (Å²) in [4.78, 5) is 38.5. The molecule has 1 heterocycles. The maximum absolute atomic E-state index is 12.0. The Bertz CT molecular complexity index is 715. The fourth-order valence-electron chi connectivity index (χ4n) is 1.72. The van der Waals surface area contributed by atoms with E-state index in [2.05, 4.69) is 15.6 Å². The van der Waals surface area contributed by atoms with E-state index in [1.54, 1.807) is 29.6 Å². The second-order valence-corrected chi connectivity index (χ2v) is 5.63. The van der Waals surface area contributed by atoms with Gasteiger partial charge in [-0.3, -0.25) is 19.7 Å². The Morgan fingerprint density at radius 1 is 1.26 bits per heavy atom. The molecule has 3 N–H and O–H groups in total. The van der Waals surface area contributed by atoms with E-state index in [0.717, 1.165) is 0 Å². The number of carbonyl (C=O) groups excluding carboxylic acids is 2. The highest BCUT2D eigenvalue weighted by atomic mass is 32.1. The second kappa shape index (κ2) is 7.50. The number of carboxylic acids is 1. The zero-order valence-electron chi connectivity index (χ0n) is 12.3. The average molecular weight is 333 g/mol. The molecule has 120 valence electrons. The molecule has 0 saturated carbocycles. The normalized spacial score (nSPS) is 11.5. The number of amides is 2. The molecule has 1 aromatic heterocycles. The lowest BCUT2D eigenvalue weighted by Crippen LogP contribution is -2.39. The summed E-state index contributed by atoms with van der Waals surface area (Å²) in [6.45, 7) is 1.38. The summed E-state index contributed by atoms with van der Waals surface area (Å²) >= 11 is 1.20. The third-order valence-corrected chi connectivity index (χ3v) is 3.70. The van der Waals surface area contributed by atoms with Crippen LogP contribution in [-0.2, 0) is 16.0 Å². The number of aromatic nitrogens is 1. The van der Waals surface area contributed by atoms with Gasteiger partial charge in [-0.15, -0.1) is 11.3 Å². The van der Waals surface area contributed by atoms with E-state index < -0.39 is 17.9 Å². The number of carbonyl (C=O) groups is 3. The van der Waals surface area contributed by atoms with Crippen LogP contribution in [0.5, 0.6) is 0 Å². The summed E-state index contributed by atoms with van der Waals surface area (Å²) in [6, 6.07) is 7.75. The molecular weight excluding hydrogens is 318 g/mol. The van der Waals surface area contributed by atoms with Gasteiger partial charge in [-0.05, 0) is 19.1 Å². The fraction of sp³-hybridized carbons (Fsp3) is 0.200. The number of benzene rings is 1. The third kappa shape index (κ3) is 4.89. The molecule has 0 aliphatic rings. The lowest BCUT2D eigenvalue weighted by Gasteiger charge is -2.07. The van der Waals surface area contributed by atoms with Crippen LogP contribution in [0.3, 0.4) is 0 Å². The van der Waals surface area contributed by atoms with Gasteiger partial charge in [0.1, 0.15) is 6.04 Å². The number of anilines is 1. The summed E-state index contributed by atoms with van der Waals surface area (Å²) in [6.07, 6.45) is -0.0463. The number of aliphatic carboxylic acids is 1. The van der Waals surface area contributed by atoms with Crippen LogP contribution in [0, 0.1) is 0 Å². The van der Waals surface area contributed by atoms with Crippen molar-refractivity contribution in [3.8, 4) is 0 Å². The van der Waals surface area contributed by atoms with E-state index in [0.29, 0.717) is 16.4 Å². The largest absolute Gasteiger partial charge is 0.480 e. The highest BCUT2D eigenvalue weighted by Crippen LogP contribution is 2.17. The van der Waals surface area contributed by atoms with E-state index in [1.807, 2.05) is 6.07 Å². The number of rotatable bonds is 6. The highest BCUT2D eigenvalue weighted by molar-refractivity contribution is 7.14. The Morgan fingerprint density at radius 2 is 1.96 bits per heavy atom. The predicted octanol–water partition coefficient (Wildman–Crippen LogP) is 1.53. The van der Waals surface area contributed by atoms with E-state index in [9.17, 15) is 14.4 Å². The molecule has 23 heavy (non-hydrogen) atoms. The molecule has 2 rings (SSSR count). The van der Waals surface area contributed by atoms with Crippen molar-refractivity contribution in [2.45, 2.75) is 19.4 Å². The summed E-state index contributed by atoms with van der Waals surface area (Å²) in [5, 5.41) is 15.8. The first-order valence-electron chi connectivity index (χ1n) is 6.78. The van der Waals surface area contributed by atoms with Crippen LogP contribution in [-0.4, -0.2) is 33.9 Å². The number of nitrogens with zero attached hydrogens (tertiary/aromatic N) is 1. The van der Waals surface area contributed by atoms with Crippen molar-refractivity contribution in [2.24, 2.45) is 0 Å². The first-order chi connectivity index (χ1) is 11.0. The van der Waals surface area contributed by atoms with Gasteiger partial charge in [0, 0.05) is 10.9 Å². The summed E-state index contributed by atoms with van der Waals surface area (Å²) < 4.78 is 0.